The summed E-state index contributed by atoms with van der Waals surface area (Å²) < 4.78 is 4.75. The van der Waals surface area contributed by atoms with Crippen LogP contribution in [-0.4, -0.2) is 9.13 Å². The highest BCUT2D eigenvalue weighted by Crippen LogP contribution is 2.54. The molecule has 600 valence electrons. The fourth-order valence-corrected chi connectivity index (χ4v) is 20.9. The quantitative estimate of drug-likeness (QED) is 0.114. The van der Waals surface area contributed by atoms with E-state index in [2.05, 4.69) is 447 Å². The standard InChI is InChI=1S/C64H53N.C58H49N/c1-38-40(3)44(7)61-59(42(38)5)63(51-31-27-47(28-32-51)46-17-11-9-12-18-46)60-43(6)39(2)41(4)45(8)62(60)64(61)52-33-29-49(30-34-52)48-23-25-50(26-24-48)53-35-36-58-56(37-53)55-21-15-16-22-57(55)65(58)54-19-13-10-14-20-54;1-34-36(3)40(7)55-53(38(34)5)57(45-17-11-9-12-18-45)54-39(6)35(2)37(4)41(8)56(54)58(55)46-29-27-43(28-30-46)42-23-25-44(26-24-42)47-31-32-52-50(33-47)49-21-15-16-22-51(49)59(52)48-19-13-10-14-20-48/h9-37H,1-8H3;9-33H,1-8H3. The van der Waals surface area contributed by atoms with Crippen LogP contribution in [0.1, 0.15) is 89.0 Å². The van der Waals surface area contributed by atoms with Gasteiger partial charge in [0.05, 0.1) is 22.1 Å². The molecule has 124 heavy (non-hydrogen) atoms. The number of para-hydroxylation sites is 4. The van der Waals surface area contributed by atoms with Gasteiger partial charge in [-0.25, -0.2) is 0 Å². The summed E-state index contributed by atoms with van der Waals surface area (Å²) in [6, 6.07) is 121. The number of aryl methyl sites for hydroxylation is 8. The average molecular weight is 1600 g/mol. The first kappa shape index (κ1) is 78.4. The predicted octanol–water partition coefficient (Wildman–Crippen LogP) is 34.1. The van der Waals surface area contributed by atoms with Gasteiger partial charge in [-0.3, -0.25) is 0 Å². The topological polar surface area (TPSA) is 9.86 Å². The molecule has 0 spiro atoms. The summed E-state index contributed by atoms with van der Waals surface area (Å²) in [5, 5.41) is 16.1. The van der Waals surface area contributed by atoms with Crippen molar-refractivity contribution < 1.29 is 0 Å². The zero-order valence-corrected chi connectivity index (χ0v) is 74.1. The molecule has 0 atom stereocenters. The maximum atomic E-state index is 2.38. The minimum absolute atomic E-state index is 1.18. The molecule has 21 rings (SSSR count). The van der Waals surface area contributed by atoms with Crippen molar-refractivity contribution in [2.24, 2.45) is 0 Å². The van der Waals surface area contributed by atoms with Crippen LogP contribution in [0.3, 0.4) is 0 Å². The van der Waals surface area contributed by atoms with Crippen molar-refractivity contribution in [3.05, 3.63) is 417 Å². The fraction of sp³-hybridized carbons (Fsp3) is 0.131. The third-order valence-electron chi connectivity index (χ3n) is 28.9. The molecule has 0 aliphatic heterocycles. The van der Waals surface area contributed by atoms with Crippen LogP contribution < -0.4 is 0 Å². The van der Waals surface area contributed by atoms with E-state index in [1.165, 1.54) is 287 Å². The molecule has 21 aromatic rings. The molecule has 0 aliphatic carbocycles. The third-order valence-corrected chi connectivity index (χ3v) is 28.9. The first-order valence-corrected chi connectivity index (χ1v) is 44.0. The number of rotatable bonds is 11. The van der Waals surface area contributed by atoms with Gasteiger partial charge in [0.25, 0.3) is 0 Å². The van der Waals surface area contributed by atoms with E-state index in [0.717, 1.165) is 0 Å². The Kier molecular flexibility index (Phi) is 19.6. The van der Waals surface area contributed by atoms with E-state index >= 15 is 0 Å². The molecule has 0 aliphatic rings. The summed E-state index contributed by atoms with van der Waals surface area (Å²) in [7, 11) is 0. The Balaban J connectivity index is 0.000000158. The highest BCUT2D eigenvalue weighted by Gasteiger charge is 2.29. The van der Waals surface area contributed by atoms with Crippen LogP contribution in [0.15, 0.2) is 328 Å². The van der Waals surface area contributed by atoms with E-state index < -0.39 is 0 Å². The Morgan fingerprint density at radius 3 is 0.548 bits per heavy atom. The molecule has 0 N–H and O–H groups in total. The van der Waals surface area contributed by atoms with Crippen molar-refractivity contribution in [1.82, 2.24) is 9.13 Å². The summed E-state index contributed by atoms with van der Waals surface area (Å²) in [5.74, 6) is 0. The van der Waals surface area contributed by atoms with Crippen molar-refractivity contribution in [3.8, 4) is 112 Å². The smallest absolute Gasteiger partial charge is 0.0541 e. The molecular weight excluding hydrogens is 1490 g/mol. The number of benzene rings is 19. The highest BCUT2D eigenvalue weighted by atomic mass is 15.0. The monoisotopic (exact) mass is 1590 g/mol. The summed E-state index contributed by atoms with van der Waals surface area (Å²) in [6.45, 7) is 37.2. The SMILES string of the molecule is Cc1c(C)c(C)c2c(-c3ccc(-c4ccc(-c5ccc6c(c5)c5ccccc5n6-c5ccccc5)cc4)cc3)c3c(C)c(C)c(C)c(C)c3c(-c3ccc(-c4ccccc4)cc3)c2c1C.Cc1c(C)c(C)c2c(-c3ccc(-c4ccc(-c5ccc6c(c5)c5ccccc5n6-c5ccccc5)cc4)cc3)c3c(C)c(C)c(C)c(C)c3c(-c3ccccc3)c2c1C. The fourth-order valence-electron chi connectivity index (χ4n) is 20.9. The number of nitrogens with zero attached hydrogens (tertiary/aromatic N) is 2. The van der Waals surface area contributed by atoms with Gasteiger partial charge in [-0.1, -0.05) is 267 Å². The largest absolute Gasteiger partial charge is 0.309 e. The molecule has 2 heteroatoms. The Bertz CT molecular complexity index is 7730. The molecule has 19 aromatic carbocycles. The minimum Gasteiger partial charge on any atom is -0.309 e. The van der Waals surface area contributed by atoms with Gasteiger partial charge in [-0.2, -0.15) is 0 Å². The number of hydrogen-bond acceptors (Lipinski definition) is 0. The van der Waals surface area contributed by atoms with Crippen LogP contribution in [-0.2, 0) is 0 Å². The lowest BCUT2D eigenvalue weighted by Gasteiger charge is -2.27. The van der Waals surface area contributed by atoms with Crippen molar-refractivity contribution in [1.29, 1.82) is 0 Å². The summed E-state index contributed by atoms with van der Waals surface area (Å²) in [4.78, 5) is 0. The van der Waals surface area contributed by atoms with Crippen LogP contribution in [0.2, 0.25) is 0 Å². The average Bonchev–Trinajstić information content (AvgIpc) is 1.10. The maximum absolute atomic E-state index is 2.38. The lowest BCUT2D eigenvalue weighted by Crippen LogP contribution is -2.03. The van der Waals surface area contributed by atoms with E-state index in [0.29, 0.717) is 0 Å². The molecule has 2 nitrogen and oxygen atoms in total. The van der Waals surface area contributed by atoms with Crippen molar-refractivity contribution in [2.45, 2.75) is 111 Å². The second-order valence-corrected chi connectivity index (χ2v) is 35.0. The maximum Gasteiger partial charge on any atom is 0.0541 e. The number of fused-ring (bicyclic) bond motifs is 10. The van der Waals surface area contributed by atoms with E-state index in [9.17, 15) is 0 Å². The second-order valence-electron chi connectivity index (χ2n) is 35.0. The van der Waals surface area contributed by atoms with Crippen LogP contribution in [0.5, 0.6) is 0 Å². The molecule has 0 bridgehead atoms. The van der Waals surface area contributed by atoms with Gasteiger partial charge in [0.15, 0.2) is 0 Å². The number of aromatic nitrogens is 2. The van der Waals surface area contributed by atoms with Crippen LogP contribution in [0.4, 0.5) is 0 Å². The molecule has 0 saturated heterocycles. The predicted molar refractivity (Wildman–Crippen MR) is 536 cm³/mol. The molecule has 0 saturated carbocycles. The van der Waals surface area contributed by atoms with Crippen LogP contribution in [0.25, 0.3) is 198 Å². The summed E-state index contributed by atoms with van der Waals surface area (Å²) >= 11 is 0. The van der Waals surface area contributed by atoms with Gasteiger partial charge >= 0.3 is 0 Å². The zero-order valence-electron chi connectivity index (χ0n) is 74.1. The Morgan fingerprint density at radius 1 is 0.129 bits per heavy atom. The number of hydrogen-bond donors (Lipinski definition) is 0. The van der Waals surface area contributed by atoms with Gasteiger partial charge in [0, 0.05) is 32.9 Å². The highest BCUT2D eigenvalue weighted by molar-refractivity contribution is 6.27. The second kappa shape index (κ2) is 31.1. The Labute approximate surface area is 729 Å². The van der Waals surface area contributed by atoms with E-state index in [1.54, 1.807) is 0 Å². The zero-order chi connectivity index (χ0) is 85.4. The molecule has 2 aromatic heterocycles. The summed E-state index contributed by atoms with van der Waals surface area (Å²) in [5.41, 5.74) is 51.9. The lowest BCUT2D eigenvalue weighted by atomic mass is 9.76. The van der Waals surface area contributed by atoms with Crippen LogP contribution >= 0.6 is 0 Å². The molecular formula is C122H102N2. The van der Waals surface area contributed by atoms with Gasteiger partial charge in [0.2, 0.25) is 0 Å². The van der Waals surface area contributed by atoms with E-state index in [-0.39, 0.29) is 0 Å². The molecule has 2 heterocycles. The summed E-state index contributed by atoms with van der Waals surface area (Å²) in [6.07, 6.45) is 0. The Morgan fingerprint density at radius 2 is 0.298 bits per heavy atom. The normalized spacial score (nSPS) is 11.7. The van der Waals surface area contributed by atoms with Crippen LogP contribution in [0, 0.1) is 111 Å². The first-order valence-electron chi connectivity index (χ1n) is 44.0. The molecule has 0 radical (unpaired) electrons. The van der Waals surface area contributed by atoms with E-state index in [1.807, 2.05) is 0 Å². The Hall–Kier alpha value is -14.2. The van der Waals surface area contributed by atoms with Crippen molar-refractivity contribution in [2.75, 3.05) is 0 Å². The van der Waals surface area contributed by atoms with Gasteiger partial charge < -0.3 is 9.13 Å². The van der Waals surface area contributed by atoms with Gasteiger partial charge in [-0.05, 0) is 404 Å². The molecule has 0 unspecified atom stereocenters. The first-order chi connectivity index (χ1) is 60.2. The third kappa shape index (κ3) is 12.7. The van der Waals surface area contributed by atoms with E-state index in [4.69, 9.17) is 0 Å². The lowest BCUT2D eigenvalue weighted by molar-refractivity contribution is 1.18. The van der Waals surface area contributed by atoms with Crippen molar-refractivity contribution >= 4 is 86.7 Å². The van der Waals surface area contributed by atoms with Gasteiger partial charge in [-0.15, -0.1) is 0 Å². The van der Waals surface area contributed by atoms with Gasteiger partial charge in [0.1, 0.15) is 0 Å². The minimum atomic E-state index is 1.18. The molecule has 0 amide bonds. The van der Waals surface area contributed by atoms with Crippen molar-refractivity contribution in [3.63, 3.8) is 0 Å². The molecule has 0 fully saturated rings.